The summed E-state index contributed by atoms with van der Waals surface area (Å²) in [6, 6.07) is 0. The van der Waals surface area contributed by atoms with Gasteiger partial charge < -0.3 is 5.32 Å². The largest absolute Gasteiger partial charge is 0.356 e. The van der Waals surface area contributed by atoms with Crippen LogP contribution in [0.15, 0.2) is 0 Å². The van der Waals surface area contributed by atoms with Crippen LogP contribution in [0, 0.1) is 11.8 Å². The third-order valence-electron chi connectivity index (χ3n) is 2.32. The number of hydrogen-bond acceptors (Lipinski definition) is 1. The zero-order valence-electron chi connectivity index (χ0n) is 7.39. The molecule has 1 saturated carbocycles. The van der Waals surface area contributed by atoms with Crippen LogP contribution in [-0.4, -0.2) is 12.5 Å². The van der Waals surface area contributed by atoms with Gasteiger partial charge in [-0.3, -0.25) is 4.79 Å². The topological polar surface area (TPSA) is 29.1 Å². The smallest absolute Gasteiger partial charge is 0.222 e. The predicted molar refractivity (Wildman–Crippen MR) is 45.2 cm³/mol. The van der Waals surface area contributed by atoms with Crippen LogP contribution in [0.4, 0.5) is 0 Å². The van der Waals surface area contributed by atoms with E-state index in [1.165, 1.54) is 12.8 Å². The third kappa shape index (κ3) is 2.91. The van der Waals surface area contributed by atoms with E-state index in [9.17, 15) is 4.79 Å². The van der Waals surface area contributed by atoms with Crippen molar-refractivity contribution in [1.29, 1.82) is 0 Å². The molecular formula is C9H17NO. The number of hydrogen-bond donors (Lipinski definition) is 1. The monoisotopic (exact) mass is 155 g/mol. The van der Waals surface area contributed by atoms with Crippen LogP contribution in [0.1, 0.15) is 33.1 Å². The quantitative estimate of drug-likeness (QED) is 0.656. The number of carbonyl (C=O) groups is 1. The molecule has 0 unspecified atom stereocenters. The molecule has 64 valence electrons. The summed E-state index contributed by atoms with van der Waals surface area (Å²) >= 11 is 0. The third-order valence-corrected chi connectivity index (χ3v) is 2.32. The van der Waals surface area contributed by atoms with E-state index in [2.05, 4.69) is 5.32 Å². The highest BCUT2D eigenvalue weighted by atomic mass is 16.1. The molecular weight excluding hydrogens is 138 g/mol. The molecule has 1 aliphatic carbocycles. The molecule has 1 rings (SSSR count). The van der Waals surface area contributed by atoms with E-state index in [4.69, 9.17) is 0 Å². The van der Waals surface area contributed by atoms with E-state index in [0.29, 0.717) is 0 Å². The van der Waals surface area contributed by atoms with Gasteiger partial charge in [0.15, 0.2) is 0 Å². The Hall–Kier alpha value is -0.530. The molecule has 0 heterocycles. The van der Waals surface area contributed by atoms with Gasteiger partial charge >= 0.3 is 0 Å². The lowest BCUT2D eigenvalue weighted by Crippen LogP contribution is -2.30. The Morgan fingerprint density at radius 1 is 1.64 bits per heavy atom. The molecule has 0 aromatic rings. The van der Waals surface area contributed by atoms with Crippen molar-refractivity contribution in [3.05, 3.63) is 0 Å². The molecule has 1 amide bonds. The van der Waals surface area contributed by atoms with Crippen molar-refractivity contribution in [3.63, 3.8) is 0 Å². The zero-order chi connectivity index (χ0) is 8.27. The number of nitrogens with one attached hydrogen (secondary N) is 1. The highest BCUT2D eigenvalue weighted by Gasteiger charge is 2.22. The maximum atomic E-state index is 11.2. The minimum atomic E-state index is 0.189. The fraction of sp³-hybridized carbons (Fsp3) is 0.889. The molecule has 1 fully saturated rings. The van der Waals surface area contributed by atoms with Crippen LogP contribution < -0.4 is 5.32 Å². The van der Waals surface area contributed by atoms with Crippen molar-refractivity contribution in [2.24, 2.45) is 11.8 Å². The fourth-order valence-electron chi connectivity index (χ4n) is 0.927. The molecule has 1 atom stereocenters. The van der Waals surface area contributed by atoms with E-state index in [1.54, 1.807) is 0 Å². The Morgan fingerprint density at radius 3 is 2.73 bits per heavy atom. The normalized spacial score (nSPS) is 19.5. The van der Waals surface area contributed by atoms with Gasteiger partial charge in [-0.05, 0) is 25.2 Å². The summed E-state index contributed by atoms with van der Waals surface area (Å²) in [5, 5.41) is 2.96. The highest BCUT2D eigenvalue weighted by molar-refractivity contribution is 5.78. The number of rotatable bonds is 4. The lowest BCUT2D eigenvalue weighted by atomic mass is 10.1. The summed E-state index contributed by atoms with van der Waals surface area (Å²) in [6.45, 7) is 4.92. The van der Waals surface area contributed by atoms with Crippen molar-refractivity contribution in [2.45, 2.75) is 33.1 Å². The Labute approximate surface area is 68.4 Å². The molecule has 1 aliphatic rings. The summed E-state index contributed by atoms with van der Waals surface area (Å²) in [5.74, 6) is 1.20. The van der Waals surface area contributed by atoms with Crippen LogP contribution in [-0.2, 0) is 4.79 Å². The lowest BCUT2D eigenvalue weighted by molar-refractivity contribution is -0.124. The molecule has 0 bridgehead atoms. The van der Waals surface area contributed by atoms with Crippen molar-refractivity contribution < 1.29 is 4.79 Å². The van der Waals surface area contributed by atoms with Gasteiger partial charge in [0.05, 0.1) is 0 Å². The van der Waals surface area contributed by atoms with Crippen LogP contribution >= 0.6 is 0 Å². The van der Waals surface area contributed by atoms with E-state index in [0.717, 1.165) is 18.9 Å². The molecule has 2 heteroatoms. The first-order valence-electron chi connectivity index (χ1n) is 4.51. The second kappa shape index (κ2) is 3.74. The van der Waals surface area contributed by atoms with Crippen molar-refractivity contribution in [1.82, 2.24) is 5.32 Å². The summed E-state index contributed by atoms with van der Waals surface area (Å²) in [4.78, 5) is 11.2. The molecule has 2 nitrogen and oxygen atoms in total. The highest BCUT2D eigenvalue weighted by Crippen LogP contribution is 2.27. The Kier molecular flexibility index (Phi) is 2.92. The second-order valence-corrected chi connectivity index (χ2v) is 3.50. The van der Waals surface area contributed by atoms with Crippen LogP contribution in [0.2, 0.25) is 0 Å². The van der Waals surface area contributed by atoms with Crippen molar-refractivity contribution >= 4 is 5.91 Å². The summed E-state index contributed by atoms with van der Waals surface area (Å²) in [7, 11) is 0. The standard InChI is InChI=1S/C9H17NO/c1-3-7(2)9(11)10-6-8-4-5-8/h7-8H,3-6H2,1-2H3,(H,10,11)/t7-/m0/s1. The number of amides is 1. The fourth-order valence-corrected chi connectivity index (χ4v) is 0.927. The molecule has 0 aromatic heterocycles. The van der Waals surface area contributed by atoms with Gasteiger partial charge in [0, 0.05) is 12.5 Å². The first-order valence-corrected chi connectivity index (χ1v) is 4.51. The van der Waals surface area contributed by atoms with Gasteiger partial charge in [-0.15, -0.1) is 0 Å². The van der Waals surface area contributed by atoms with Gasteiger partial charge in [-0.2, -0.15) is 0 Å². The van der Waals surface area contributed by atoms with E-state index >= 15 is 0 Å². The van der Waals surface area contributed by atoms with Gasteiger partial charge in [-0.1, -0.05) is 13.8 Å². The van der Waals surface area contributed by atoms with E-state index in [1.807, 2.05) is 13.8 Å². The molecule has 11 heavy (non-hydrogen) atoms. The van der Waals surface area contributed by atoms with Crippen LogP contribution in [0.25, 0.3) is 0 Å². The summed E-state index contributed by atoms with van der Waals surface area (Å²) in [5.41, 5.74) is 0. The van der Waals surface area contributed by atoms with Crippen LogP contribution in [0.5, 0.6) is 0 Å². The average molecular weight is 155 g/mol. The summed E-state index contributed by atoms with van der Waals surface area (Å²) in [6.07, 6.45) is 3.55. The lowest BCUT2D eigenvalue weighted by Gasteiger charge is -2.08. The molecule has 0 aromatic carbocycles. The molecule has 0 aliphatic heterocycles. The maximum absolute atomic E-state index is 11.2. The van der Waals surface area contributed by atoms with Gasteiger partial charge in [0.1, 0.15) is 0 Å². The summed E-state index contributed by atoms with van der Waals surface area (Å²) < 4.78 is 0. The second-order valence-electron chi connectivity index (χ2n) is 3.50. The predicted octanol–water partition coefficient (Wildman–Crippen LogP) is 1.56. The Morgan fingerprint density at radius 2 is 2.27 bits per heavy atom. The van der Waals surface area contributed by atoms with E-state index < -0.39 is 0 Å². The van der Waals surface area contributed by atoms with Gasteiger partial charge in [0.2, 0.25) is 5.91 Å². The average Bonchev–Trinajstić information content (AvgIpc) is 2.81. The molecule has 0 saturated heterocycles. The first kappa shape index (κ1) is 8.57. The molecule has 1 N–H and O–H groups in total. The molecule has 0 spiro atoms. The van der Waals surface area contributed by atoms with E-state index in [-0.39, 0.29) is 11.8 Å². The van der Waals surface area contributed by atoms with Gasteiger partial charge in [-0.25, -0.2) is 0 Å². The van der Waals surface area contributed by atoms with Crippen LogP contribution in [0.3, 0.4) is 0 Å². The SMILES string of the molecule is CC[C@H](C)C(=O)NCC1CC1. The Balaban J connectivity index is 2.08. The number of carbonyl (C=O) groups excluding carboxylic acids is 1. The maximum Gasteiger partial charge on any atom is 0.222 e. The Bertz CT molecular complexity index is 140. The zero-order valence-corrected chi connectivity index (χ0v) is 7.39. The van der Waals surface area contributed by atoms with Crippen molar-refractivity contribution in [3.8, 4) is 0 Å². The minimum absolute atomic E-state index is 0.189. The minimum Gasteiger partial charge on any atom is -0.356 e. The van der Waals surface area contributed by atoms with Gasteiger partial charge in [0.25, 0.3) is 0 Å². The molecule has 0 radical (unpaired) electrons. The van der Waals surface area contributed by atoms with Crippen molar-refractivity contribution in [2.75, 3.05) is 6.54 Å². The first-order chi connectivity index (χ1) is 5.24.